The van der Waals surface area contributed by atoms with Gasteiger partial charge in [-0.1, -0.05) is 19.4 Å². The number of unbranched alkanes of at least 4 members (excludes halogenated alkanes) is 1. The van der Waals surface area contributed by atoms with E-state index in [0.29, 0.717) is 12.3 Å². The molecule has 0 aliphatic carbocycles. The summed E-state index contributed by atoms with van der Waals surface area (Å²) in [6.07, 6.45) is 3.21. The van der Waals surface area contributed by atoms with Crippen molar-refractivity contribution in [1.29, 1.82) is 0 Å². The topological polar surface area (TPSA) is 81.4 Å². The molecular formula is C17H22N4O3. The molecule has 0 spiro atoms. The molecule has 0 bridgehead atoms. The summed E-state index contributed by atoms with van der Waals surface area (Å²) < 4.78 is 5.68. The molecule has 128 valence electrons. The monoisotopic (exact) mass is 330 g/mol. The second-order valence-corrected chi connectivity index (χ2v) is 5.73. The average Bonchev–Trinajstić information content (AvgIpc) is 2.55. The molecule has 7 nitrogen and oxygen atoms in total. The second-order valence-electron chi connectivity index (χ2n) is 5.73. The van der Waals surface area contributed by atoms with Crippen LogP contribution in [0.15, 0.2) is 24.5 Å². The van der Waals surface area contributed by atoms with Crippen molar-refractivity contribution < 1.29 is 9.66 Å². The van der Waals surface area contributed by atoms with Crippen molar-refractivity contribution in [3.63, 3.8) is 0 Å². The van der Waals surface area contributed by atoms with Crippen LogP contribution in [0.25, 0.3) is 0 Å². The Balaban J connectivity index is 2.38. The first-order valence-corrected chi connectivity index (χ1v) is 7.89. The van der Waals surface area contributed by atoms with Crippen molar-refractivity contribution in [2.75, 3.05) is 18.5 Å². The normalized spacial score (nSPS) is 10.5. The molecule has 24 heavy (non-hydrogen) atoms. The maximum Gasteiger partial charge on any atom is 0.373 e. The fourth-order valence-corrected chi connectivity index (χ4v) is 2.26. The summed E-state index contributed by atoms with van der Waals surface area (Å²) >= 11 is 0. The minimum atomic E-state index is -0.492. The van der Waals surface area contributed by atoms with E-state index in [-0.39, 0.29) is 17.4 Å². The standard InChI is InChI=1S/C17H22N4O3/c1-5-6-9-20(4)16-15(21(22)23)17(19-11-18-16)24-14-8-7-12(2)13(3)10-14/h7-8,10-11H,5-6,9H2,1-4H3. The lowest BCUT2D eigenvalue weighted by Crippen LogP contribution is -2.21. The van der Waals surface area contributed by atoms with Gasteiger partial charge in [0.25, 0.3) is 0 Å². The van der Waals surface area contributed by atoms with E-state index < -0.39 is 4.92 Å². The number of aryl methyl sites for hydroxylation is 2. The zero-order valence-corrected chi connectivity index (χ0v) is 14.4. The molecular weight excluding hydrogens is 308 g/mol. The van der Waals surface area contributed by atoms with Crippen molar-refractivity contribution in [1.82, 2.24) is 9.97 Å². The van der Waals surface area contributed by atoms with E-state index in [4.69, 9.17) is 4.74 Å². The van der Waals surface area contributed by atoms with Gasteiger partial charge in [0.1, 0.15) is 12.1 Å². The number of nitrogens with zero attached hydrogens (tertiary/aromatic N) is 4. The van der Waals surface area contributed by atoms with Gasteiger partial charge in [-0.15, -0.1) is 0 Å². The van der Waals surface area contributed by atoms with Crippen molar-refractivity contribution in [2.24, 2.45) is 0 Å². The highest BCUT2D eigenvalue weighted by molar-refractivity contribution is 5.63. The van der Waals surface area contributed by atoms with Crippen LogP contribution >= 0.6 is 0 Å². The second kappa shape index (κ2) is 7.72. The molecule has 0 saturated carbocycles. The Morgan fingerprint density at radius 2 is 2.00 bits per heavy atom. The lowest BCUT2D eigenvalue weighted by atomic mass is 10.1. The number of ether oxygens (including phenoxy) is 1. The zero-order chi connectivity index (χ0) is 17.7. The van der Waals surface area contributed by atoms with E-state index in [0.717, 1.165) is 24.0 Å². The molecule has 0 aliphatic rings. The zero-order valence-electron chi connectivity index (χ0n) is 14.4. The Morgan fingerprint density at radius 3 is 2.62 bits per heavy atom. The molecule has 0 amide bonds. The van der Waals surface area contributed by atoms with Gasteiger partial charge in [0.2, 0.25) is 5.82 Å². The van der Waals surface area contributed by atoms with Crippen molar-refractivity contribution in [3.8, 4) is 11.6 Å². The van der Waals surface area contributed by atoms with Gasteiger partial charge in [0.05, 0.1) is 4.92 Å². The predicted molar refractivity (Wildman–Crippen MR) is 92.9 cm³/mol. The molecule has 0 aliphatic heterocycles. The summed E-state index contributed by atoms with van der Waals surface area (Å²) in [5.41, 5.74) is 1.96. The van der Waals surface area contributed by atoms with E-state index in [9.17, 15) is 10.1 Å². The third kappa shape index (κ3) is 3.98. The summed E-state index contributed by atoms with van der Waals surface area (Å²) in [5, 5.41) is 11.6. The Morgan fingerprint density at radius 1 is 1.25 bits per heavy atom. The molecule has 0 saturated heterocycles. The highest BCUT2D eigenvalue weighted by Gasteiger charge is 2.27. The fourth-order valence-electron chi connectivity index (χ4n) is 2.26. The van der Waals surface area contributed by atoms with Gasteiger partial charge in [0.15, 0.2) is 0 Å². The molecule has 1 heterocycles. The average molecular weight is 330 g/mol. The molecule has 1 aromatic carbocycles. The number of anilines is 1. The van der Waals surface area contributed by atoms with E-state index in [1.165, 1.54) is 6.33 Å². The van der Waals surface area contributed by atoms with Crippen molar-refractivity contribution >= 4 is 11.5 Å². The van der Waals surface area contributed by atoms with Crippen molar-refractivity contribution in [3.05, 3.63) is 45.8 Å². The maximum absolute atomic E-state index is 11.6. The molecule has 0 radical (unpaired) electrons. The summed E-state index contributed by atoms with van der Waals surface area (Å²) in [6, 6.07) is 5.52. The van der Waals surface area contributed by atoms with Crippen LogP contribution in [0.5, 0.6) is 11.6 Å². The number of nitro groups is 1. The minimum Gasteiger partial charge on any atom is -0.434 e. The Kier molecular flexibility index (Phi) is 5.68. The van der Waals surface area contributed by atoms with E-state index in [2.05, 4.69) is 16.9 Å². The number of hydrogen-bond donors (Lipinski definition) is 0. The van der Waals surface area contributed by atoms with Gasteiger partial charge in [-0.3, -0.25) is 10.1 Å². The summed E-state index contributed by atoms with van der Waals surface area (Å²) in [6.45, 7) is 6.70. The van der Waals surface area contributed by atoms with Crippen LogP contribution in [0.3, 0.4) is 0 Å². The number of rotatable bonds is 7. The Bertz CT molecular complexity index is 734. The van der Waals surface area contributed by atoms with Crippen LogP contribution in [0.4, 0.5) is 11.5 Å². The van der Waals surface area contributed by atoms with Crippen LogP contribution in [-0.4, -0.2) is 28.5 Å². The third-order valence-corrected chi connectivity index (χ3v) is 3.85. The quantitative estimate of drug-likeness (QED) is 0.563. The van der Waals surface area contributed by atoms with Crippen molar-refractivity contribution in [2.45, 2.75) is 33.6 Å². The summed E-state index contributed by atoms with van der Waals surface area (Å²) in [4.78, 5) is 20.9. The molecule has 1 aromatic heterocycles. The van der Waals surface area contributed by atoms with E-state index in [1.54, 1.807) is 18.0 Å². The number of benzene rings is 1. The van der Waals surface area contributed by atoms with Gasteiger partial charge in [-0.25, -0.2) is 4.98 Å². The summed E-state index contributed by atoms with van der Waals surface area (Å²) in [7, 11) is 1.78. The highest BCUT2D eigenvalue weighted by Crippen LogP contribution is 2.35. The fraction of sp³-hybridized carbons (Fsp3) is 0.412. The SMILES string of the molecule is CCCCN(C)c1ncnc(Oc2ccc(C)c(C)c2)c1[N+](=O)[O-]. The van der Waals surface area contributed by atoms with Crippen LogP contribution in [0.2, 0.25) is 0 Å². The Labute approximate surface area is 141 Å². The van der Waals surface area contributed by atoms with Crippen LogP contribution < -0.4 is 9.64 Å². The molecule has 7 heteroatoms. The first-order chi connectivity index (χ1) is 11.4. The molecule has 2 rings (SSSR count). The van der Waals surface area contributed by atoms with Gasteiger partial charge in [-0.05, 0) is 43.5 Å². The highest BCUT2D eigenvalue weighted by atomic mass is 16.6. The molecule has 0 unspecified atom stereocenters. The molecule has 0 atom stereocenters. The van der Waals surface area contributed by atoms with Crippen LogP contribution in [0.1, 0.15) is 30.9 Å². The third-order valence-electron chi connectivity index (χ3n) is 3.85. The van der Waals surface area contributed by atoms with E-state index in [1.807, 2.05) is 26.0 Å². The largest absolute Gasteiger partial charge is 0.434 e. The lowest BCUT2D eigenvalue weighted by Gasteiger charge is -2.18. The number of hydrogen-bond acceptors (Lipinski definition) is 6. The van der Waals surface area contributed by atoms with Crippen LogP contribution in [0, 0.1) is 24.0 Å². The number of aromatic nitrogens is 2. The maximum atomic E-state index is 11.6. The first kappa shape index (κ1) is 17.7. The minimum absolute atomic E-state index is 0.0448. The van der Waals surface area contributed by atoms with Gasteiger partial charge in [-0.2, -0.15) is 4.98 Å². The molecule has 2 aromatic rings. The molecule has 0 fully saturated rings. The van der Waals surface area contributed by atoms with E-state index >= 15 is 0 Å². The summed E-state index contributed by atoms with van der Waals surface area (Å²) in [5.74, 6) is 0.737. The lowest BCUT2D eigenvalue weighted by molar-refractivity contribution is -0.385. The van der Waals surface area contributed by atoms with Crippen LogP contribution in [-0.2, 0) is 0 Å². The molecule has 0 N–H and O–H groups in total. The van der Waals surface area contributed by atoms with Gasteiger partial charge in [0, 0.05) is 13.6 Å². The van der Waals surface area contributed by atoms with Gasteiger partial charge < -0.3 is 9.64 Å². The smallest absolute Gasteiger partial charge is 0.373 e. The predicted octanol–water partition coefficient (Wildman–Crippen LogP) is 4.03. The van der Waals surface area contributed by atoms with Gasteiger partial charge >= 0.3 is 11.6 Å². The Hall–Kier alpha value is -2.70. The first-order valence-electron chi connectivity index (χ1n) is 7.89.